The van der Waals surface area contributed by atoms with E-state index in [2.05, 4.69) is 36.5 Å². The number of aromatic hydroxyl groups is 1. The number of phenols is 1. The fourth-order valence-electron chi connectivity index (χ4n) is 2.05. The maximum Gasteiger partial charge on any atom is 0.135 e. The van der Waals surface area contributed by atoms with Gasteiger partial charge in [-0.3, -0.25) is 0 Å². The van der Waals surface area contributed by atoms with Crippen LogP contribution in [0.2, 0.25) is 0 Å². The van der Waals surface area contributed by atoms with Crippen molar-refractivity contribution in [3.63, 3.8) is 0 Å². The van der Waals surface area contributed by atoms with E-state index in [0.717, 1.165) is 15.8 Å². The predicted molar refractivity (Wildman–Crippen MR) is 95.6 cm³/mol. The molecule has 1 aromatic heterocycles. The van der Waals surface area contributed by atoms with E-state index in [1.807, 2.05) is 31.2 Å². The van der Waals surface area contributed by atoms with Crippen LogP contribution in [0.25, 0.3) is 0 Å². The molecule has 0 bridgehead atoms. The molecule has 1 heterocycles. The maximum atomic E-state index is 9.31. The van der Waals surface area contributed by atoms with Crippen molar-refractivity contribution < 1.29 is 5.11 Å². The zero-order chi connectivity index (χ0) is 16.2. The van der Waals surface area contributed by atoms with Gasteiger partial charge in [0.15, 0.2) is 0 Å². The fourth-order valence-corrected chi connectivity index (χ4v) is 2.64. The second-order valence-corrected chi connectivity index (χ2v) is 5.92. The van der Waals surface area contributed by atoms with Crippen molar-refractivity contribution in [1.82, 2.24) is 9.97 Å². The van der Waals surface area contributed by atoms with E-state index in [0.29, 0.717) is 11.6 Å². The quantitative estimate of drug-likeness (QED) is 0.578. The average Bonchev–Trinajstić information content (AvgIpc) is 2.53. The SMILES string of the molecule is Cc1ccc(Nc2cc(Nc3ccc(O)cc3)ncn2)c(Br)c1. The Hall–Kier alpha value is -2.60. The largest absolute Gasteiger partial charge is 0.508 e. The van der Waals surface area contributed by atoms with Crippen LogP contribution in [-0.4, -0.2) is 15.1 Å². The van der Waals surface area contributed by atoms with Gasteiger partial charge in [0.1, 0.15) is 23.7 Å². The van der Waals surface area contributed by atoms with Crippen molar-refractivity contribution in [2.24, 2.45) is 0 Å². The van der Waals surface area contributed by atoms with Crippen LogP contribution in [0.3, 0.4) is 0 Å². The zero-order valence-electron chi connectivity index (χ0n) is 12.4. The predicted octanol–water partition coefficient (Wildman–Crippen LogP) is 4.74. The van der Waals surface area contributed by atoms with Gasteiger partial charge in [0.2, 0.25) is 0 Å². The summed E-state index contributed by atoms with van der Waals surface area (Å²) < 4.78 is 0.976. The normalized spacial score (nSPS) is 10.3. The first-order chi connectivity index (χ1) is 11.1. The van der Waals surface area contributed by atoms with Crippen molar-refractivity contribution in [1.29, 1.82) is 0 Å². The van der Waals surface area contributed by atoms with Gasteiger partial charge in [-0.05, 0) is 64.8 Å². The van der Waals surface area contributed by atoms with E-state index in [1.54, 1.807) is 24.3 Å². The molecule has 23 heavy (non-hydrogen) atoms. The molecule has 3 N–H and O–H groups in total. The number of hydrogen-bond acceptors (Lipinski definition) is 5. The molecule has 0 saturated heterocycles. The Kier molecular flexibility index (Phi) is 4.43. The average molecular weight is 371 g/mol. The summed E-state index contributed by atoms with van der Waals surface area (Å²) in [4.78, 5) is 8.43. The van der Waals surface area contributed by atoms with Crippen LogP contribution in [0.5, 0.6) is 5.75 Å². The number of benzene rings is 2. The molecule has 0 atom stereocenters. The number of rotatable bonds is 4. The van der Waals surface area contributed by atoms with Crippen LogP contribution in [0, 0.1) is 6.92 Å². The molecule has 0 amide bonds. The van der Waals surface area contributed by atoms with Gasteiger partial charge in [-0.1, -0.05) is 6.07 Å². The third-order valence-electron chi connectivity index (χ3n) is 3.19. The fraction of sp³-hybridized carbons (Fsp3) is 0.0588. The van der Waals surface area contributed by atoms with Gasteiger partial charge in [0, 0.05) is 16.2 Å². The summed E-state index contributed by atoms with van der Waals surface area (Å²) in [6.07, 6.45) is 1.49. The van der Waals surface area contributed by atoms with E-state index < -0.39 is 0 Å². The molecule has 0 aliphatic rings. The summed E-state index contributed by atoms with van der Waals surface area (Å²) in [6, 6.07) is 14.7. The second kappa shape index (κ2) is 6.66. The molecule has 0 fully saturated rings. The number of nitrogens with zero attached hydrogens (tertiary/aromatic N) is 2. The van der Waals surface area contributed by atoms with Crippen molar-refractivity contribution in [3.8, 4) is 5.75 Å². The third-order valence-corrected chi connectivity index (χ3v) is 3.85. The number of hydrogen-bond donors (Lipinski definition) is 3. The van der Waals surface area contributed by atoms with E-state index >= 15 is 0 Å². The number of halogens is 1. The van der Waals surface area contributed by atoms with Crippen molar-refractivity contribution >= 4 is 38.9 Å². The molecule has 2 aromatic carbocycles. The van der Waals surface area contributed by atoms with Crippen molar-refractivity contribution in [2.75, 3.05) is 10.6 Å². The maximum absolute atomic E-state index is 9.31. The van der Waals surface area contributed by atoms with Gasteiger partial charge < -0.3 is 15.7 Å². The summed E-state index contributed by atoms with van der Waals surface area (Å²) in [5.41, 5.74) is 2.95. The highest BCUT2D eigenvalue weighted by atomic mass is 79.9. The first-order valence-corrected chi connectivity index (χ1v) is 7.81. The first kappa shape index (κ1) is 15.3. The number of anilines is 4. The number of aromatic nitrogens is 2. The standard InChI is InChI=1S/C17H15BrN4O/c1-11-2-7-15(14(18)8-11)22-17-9-16(19-10-20-17)21-12-3-5-13(23)6-4-12/h2-10,23H,1H3,(H2,19,20,21,22). The van der Waals surface area contributed by atoms with Gasteiger partial charge in [-0.2, -0.15) is 0 Å². The molecular weight excluding hydrogens is 356 g/mol. The van der Waals surface area contributed by atoms with Crippen LogP contribution in [0.4, 0.5) is 23.0 Å². The lowest BCUT2D eigenvalue weighted by molar-refractivity contribution is 0.475. The van der Waals surface area contributed by atoms with Gasteiger partial charge >= 0.3 is 0 Å². The summed E-state index contributed by atoms with van der Waals surface area (Å²) in [6.45, 7) is 2.04. The highest BCUT2D eigenvalue weighted by Crippen LogP contribution is 2.27. The number of aryl methyl sites for hydroxylation is 1. The monoisotopic (exact) mass is 370 g/mol. The van der Waals surface area contributed by atoms with Crippen LogP contribution < -0.4 is 10.6 Å². The van der Waals surface area contributed by atoms with Gasteiger partial charge in [-0.15, -0.1) is 0 Å². The lowest BCUT2D eigenvalue weighted by Crippen LogP contribution is -1.99. The Morgan fingerprint density at radius 2 is 1.61 bits per heavy atom. The van der Waals surface area contributed by atoms with E-state index in [4.69, 9.17) is 0 Å². The zero-order valence-corrected chi connectivity index (χ0v) is 14.0. The smallest absolute Gasteiger partial charge is 0.135 e. The molecule has 0 radical (unpaired) electrons. The molecular formula is C17H15BrN4O. The highest BCUT2D eigenvalue weighted by Gasteiger charge is 2.04. The molecule has 3 rings (SSSR count). The Morgan fingerprint density at radius 3 is 2.30 bits per heavy atom. The molecule has 3 aromatic rings. The summed E-state index contributed by atoms with van der Waals surface area (Å²) in [5.74, 6) is 1.58. The lowest BCUT2D eigenvalue weighted by Gasteiger charge is -2.10. The minimum absolute atomic E-state index is 0.227. The molecule has 0 unspecified atom stereocenters. The summed E-state index contributed by atoms with van der Waals surface area (Å²) in [7, 11) is 0. The molecule has 6 heteroatoms. The number of nitrogens with one attached hydrogen (secondary N) is 2. The van der Waals surface area contributed by atoms with Crippen LogP contribution in [0.1, 0.15) is 5.56 Å². The Labute approximate surface area is 142 Å². The van der Waals surface area contributed by atoms with E-state index in [1.165, 1.54) is 11.9 Å². The lowest BCUT2D eigenvalue weighted by atomic mass is 10.2. The Morgan fingerprint density at radius 1 is 0.913 bits per heavy atom. The van der Waals surface area contributed by atoms with Crippen LogP contribution in [0.15, 0.2) is 59.3 Å². The third kappa shape index (κ3) is 3.98. The van der Waals surface area contributed by atoms with Crippen LogP contribution >= 0.6 is 15.9 Å². The molecule has 0 saturated carbocycles. The van der Waals surface area contributed by atoms with Gasteiger partial charge in [0.05, 0.1) is 5.69 Å². The molecule has 5 nitrogen and oxygen atoms in total. The summed E-state index contributed by atoms with van der Waals surface area (Å²) in [5, 5.41) is 15.7. The first-order valence-electron chi connectivity index (χ1n) is 7.01. The topological polar surface area (TPSA) is 70.1 Å². The Bertz CT molecular complexity index is 821. The minimum atomic E-state index is 0.227. The number of phenolic OH excluding ortho intramolecular Hbond substituents is 1. The van der Waals surface area contributed by atoms with Crippen molar-refractivity contribution in [2.45, 2.75) is 6.92 Å². The highest BCUT2D eigenvalue weighted by molar-refractivity contribution is 9.10. The molecule has 116 valence electrons. The van der Waals surface area contributed by atoms with Crippen LogP contribution in [-0.2, 0) is 0 Å². The minimum Gasteiger partial charge on any atom is -0.508 e. The molecule has 0 aliphatic carbocycles. The van der Waals surface area contributed by atoms with Crippen molar-refractivity contribution in [3.05, 3.63) is 64.9 Å². The van der Waals surface area contributed by atoms with E-state index in [-0.39, 0.29) is 5.75 Å². The Balaban J connectivity index is 1.78. The second-order valence-electron chi connectivity index (χ2n) is 5.07. The molecule has 0 aliphatic heterocycles. The van der Waals surface area contributed by atoms with Gasteiger partial charge in [-0.25, -0.2) is 9.97 Å². The van der Waals surface area contributed by atoms with E-state index in [9.17, 15) is 5.11 Å². The summed E-state index contributed by atoms with van der Waals surface area (Å²) >= 11 is 3.54. The van der Waals surface area contributed by atoms with Gasteiger partial charge in [0.25, 0.3) is 0 Å². The molecule has 0 spiro atoms.